The van der Waals surface area contributed by atoms with Crippen LogP contribution in [0.15, 0.2) is 35.5 Å². The summed E-state index contributed by atoms with van der Waals surface area (Å²) in [6, 6.07) is 0. The zero-order valence-electron chi connectivity index (χ0n) is 13.2. The van der Waals surface area contributed by atoms with Gasteiger partial charge in [-0.05, 0) is 19.8 Å². The molecule has 0 aliphatic heterocycles. The number of aliphatic hydroxyl groups excluding tert-OH is 1. The standard InChI is InChI=1S/C16H22O7/c1-9(11(3)15(20)21)8-13(16(22)23)12(5-4-6-17)7-10(2)14(18)19/h7-9,12,17H,3-6H2,1-2H3,(H,18,19)(H,20,21)(H,22,23). The highest BCUT2D eigenvalue weighted by Gasteiger charge is 2.22. The lowest BCUT2D eigenvalue weighted by molar-refractivity contribution is -0.134. The molecule has 0 bridgehead atoms. The zero-order chi connectivity index (χ0) is 18.2. The lowest BCUT2D eigenvalue weighted by Gasteiger charge is -2.16. The van der Waals surface area contributed by atoms with E-state index in [9.17, 15) is 19.5 Å². The van der Waals surface area contributed by atoms with Gasteiger partial charge in [-0.3, -0.25) is 0 Å². The normalized spacial score (nSPS) is 14.9. The fourth-order valence-corrected chi connectivity index (χ4v) is 1.93. The van der Waals surface area contributed by atoms with Gasteiger partial charge in [-0.2, -0.15) is 0 Å². The maximum atomic E-state index is 11.5. The highest BCUT2D eigenvalue weighted by molar-refractivity contribution is 5.91. The Morgan fingerprint density at radius 3 is 2.00 bits per heavy atom. The van der Waals surface area contributed by atoms with Gasteiger partial charge in [0, 0.05) is 35.2 Å². The summed E-state index contributed by atoms with van der Waals surface area (Å²) in [6.07, 6.45) is 3.07. The lowest BCUT2D eigenvalue weighted by atomic mass is 9.88. The molecule has 0 aromatic rings. The Labute approximate surface area is 134 Å². The van der Waals surface area contributed by atoms with Gasteiger partial charge >= 0.3 is 17.9 Å². The molecule has 7 nitrogen and oxygen atoms in total. The second-order valence-electron chi connectivity index (χ2n) is 5.17. The first-order valence-corrected chi connectivity index (χ1v) is 7.01. The average Bonchev–Trinajstić information content (AvgIpc) is 2.47. The molecule has 0 fully saturated rings. The van der Waals surface area contributed by atoms with Crippen LogP contribution in [0.25, 0.3) is 0 Å². The first-order valence-electron chi connectivity index (χ1n) is 7.01. The van der Waals surface area contributed by atoms with Crippen LogP contribution >= 0.6 is 0 Å². The molecule has 0 saturated heterocycles. The lowest BCUT2D eigenvalue weighted by Crippen LogP contribution is -2.16. The zero-order valence-corrected chi connectivity index (χ0v) is 13.2. The molecule has 0 spiro atoms. The predicted molar refractivity (Wildman–Crippen MR) is 82.9 cm³/mol. The van der Waals surface area contributed by atoms with E-state index in [4.69, 9.17) is 15.3 Å². The topological polar surface area (TPSA) is 132 Å². The minimum Gasteiger partial charge on any atom is -0.478 e. The number of carboxylic acids is 3. The number of hydrogen-bond acceptors (Lipinski definition) is 4. The average molecular weight is 326 g/mol. The van der Waals surface area contributed by atoms with E-state index in [2.05, 4.69) is 6.58 Å². The van der Waals surface area contributed by atoms with Crippen molar-refractivity contribution in [3.63, 3.8) is 0 Å². The third kappa shape index (κ3) is 6.92. The van der Waals surface area contributed by atoms with E-state index >= 15 is 0 Å². The Hall–Kier alpha value is -2.41. The number of allylic oxidation sites excluding steroid dienone is 2. The number of carbonyl (C=O) groups is 3. The monoisotopic (exact) mass is 326 g/mol. The van der Waals surface area contributed by atoms with Crippen LogP contribution in [0.4, 0.5) is 0 Å². The molecule has 4 N–H and O–H groups in total. The van der Waals surface area contributed by atoms with E-state index in [0.717, 1.165) is 0 Å². The number of aliphatic hydroxyl groups is 1. The Bertz CT molecular complexity index is 543. The summed E-state index contributed by atoms with van der Waals surface area (Å²) < 4.78 is 0. The first kappa shape index (κ1) is 20.6. The van der Waals surface area contributed by atoms with E-state index in [-0.39, 0.29) is 36.2 Å². The van der Waals surface area contributed by atoms with E-state index in [1.165, 1.54) is 26.0 Å². The van der Waals surface area contributed by atoms with Crippen LogP contribution in [0.3, 0.4) is 0 Å². The molecule has 0 amide bonds. The van der Waals surface area contributed by atoms with E-state index in [1.54, 1.807) is 0 Å². The summed E-state index contributed by atoms with van der Waals surface area (Å²) in [5, 5.41) is 36.2. The van der Waals surface area contributed by atoms with Crippen molar-refractivity contribution in [2.24, 2.45) is 11.8 Å². The summed E-state index contributed by atoms with van der Waals surface area (Å²) in [4.78, 5) is 33.3. The summed E-state index contributed by atoms with van der Waals surface area (Å²) in [5.41, 5.74) is -0.303. The minimum atomic E-state index is -1.27. The summed E-state index contributed by atoms with van der Waals surface area (Å²) in [7, 11) is 0. The molecule has 23 heavy (non-hydrogen) atoms. The molecule has 0 aromatic heterocycles. The fraction of sp³-hybridized carbons (Fsp3) is 0.438. The summed E-state index contributed by atoms with van der Waals surface area (Å²) in [5.74, 6) is -5.16. The number of carboxylic acid groups (broad SMARTS) is 3. The van der Waals surface area contributed by atoms with Crippen LogP contribution in [0.5, 0.6) is 0 Å². The van der Waals surface area contributed by atoms with Gasteiger partial charge in [0.1, 0.15) is 0 Å². The summed E-state index contributed by atoms with van der Waals surface area (Å²) in [6.45, 7) is 6.06. The molecule has 2 atom stereocenters. The Morgan fingerprint density at radius 2 is 1.61 bits per heavy atom. The molecule has 0 aliphatic rings. The largest absolute Gasteiger partial charge is 0.478 e. The van der Waals surface area contributed by atoms with Crippen molar-refractivity contribution in [1.29, 1.82) is 0 Å². The fourth-order valence-electron chi connectivity index (χ4n) is 1.93. The van der Waals surface area contributed by atoms with Crippen LogP contribution in [-0.2, 0) is 14.4 Å². The molecular weight excluding hydrogens is 304 g/mol. The highest BCUT2D eigenvalue weighted by Crippen LogP contribution is 2.24. The van der Waals surface area contributed by atoms with Gasteiger partial charge in [0.15, 0.2) is 0 Å². The Morgan fingerprint density at radius 1 is 1.04 bits per heavy atom. The predicted octanol–water partition coefficient (Wildman–Crippen LogP) is 1.69. The second kappa shape index (κ2) is 9.58. The van der Waals surface area contributed by atoms with Crippen molar-refractivity contribution in [1.82, 2.24) is 0 Å². The van der Waals surface area contributed by atoms with Gasteiger partial charge in [-0.25, -0.2) is 14.4 Å². The third-order valence-corrected chi connectivity index (χ3v) is 3.36. The first-order chi connectivity index (χ1) is 10.6. The Kier molecular flexibility index (Phi) is 8.57. The highest BCUT2D eigenvalue weighted by atomic mass is 16.4. The SMILES string of the molecule is C=C(C(=O)O)C(C)C=C(C(=O)O)C(C=C(C)C(=O)O)CCCO. The van der Waals surface area contributed by atoms with Gasteiger partial charge in [0.2, 0.25) is 0 Å². The van der Waals surface area contributed by atoms with Crippen molar-refractivity contribution in [3.8, 4) is 0 Å². The minimum absolute atomic E-state index is 0.0233. The van der Waals surface area contributed by atoms with Crippen LogP contribution < -0.4 is 0 Å². The van der Waals surface area contributed by atoms with Crippen molar-refractivity contribution in [2.75, 3.05) is 6.61 Å². The molecule has 0 aromatic carbocycles. The van der Waals surface area contributed by atoms with Gasteiger partial charge in [0.25, 0.3) is 0 Å². The van der Waals surface area contributed by atoms with Crippen LogP contribution in [-0.4, -0.2) is 44.9 Å². The van der Waals surface area contributed by atoms with Crippen molar-refractivity contribution >= 4 is 17.9 Å². The molecular formula is C16H22O7. The smallest absolute Gasteiger partial charge is 0.331 e. The van der Waals surface area contributed by atoms with E-state index in [0.29, 0.717) is 0 Å². The van der Waals surface area contributed by atoms with Crippen molar-refractivity contribution < 1.29 is 34.8 Å². The molecule has 7 heteroatoms. The van der Waals surface area contributed by atoms with Gasteiger partial charge in [0.05, 0.1) is 0 Å². The maximum absolute atomic E-state index is 11.5. The van der Waals surface area contributed by atoms with Crippen LogP contribution in [0.1, 0.15) is 26.7 Å². The second-order valence-corrected chi connectivity index (χ2v) is 5.17. The maximum Gasteiger partial charge on any atom is 0.331 e. The Balaban J connectivity index is 5.74. The van der Waals surface area contributed by atoms with Crippen LogP contribution in [0.2, 0.25) is 0 Å². The molecule has 2 unspecified atom stereocenters. The van der Waals surface area contributed by atoms with Crippen LogP contribution in [0, 0.1) is 11.8 Å². The number of aliphatic carboxylic acids is 3. The number of hydrogen-bond donors (Lipinski definition) is 4. The number of rotatable bonds is 10. The van der Waals surface area contributed by atoms with Gasteiger partial charge in [-0.15, -0.1) is 0 Å². The van der Waals surface area contributed by atoms with Crippen molar-refractivity contribution in [3.05, 3.63) is 35.5 Å². The molecule has 0 saturated carbocycles. The quantitative estimate of drug-likeness (QED) is 0.449. The summed E-state index contributed by atoms with van der Waals surface area (Å²) >= 11 is 0. The molecule has 0 radical (unpaired) electrons. The third-order valence-electron chi connectivity index (χ3n) is 3.36. The van der Waals surface area contributed by atoms with Gasteiger partial charge in [-0.1, -0.05) is 25.7 Å². The molecule has 0 heterocycles. The van der Waals surface area contributed by atoms with E-state index < -0.39 is 29.7 Å². The molecule has 0 aliphatic carbocycles. The van der Waals surface area contributed by atoms with Gasteiger partial charge < -0.3 is 20.4 Å². The molecule has 128 valence electrons. The molecule has 0 rings (SSSR count). The van der Waals surface area contributed by atoms with Crippen molar-refractivity contribution in [2.45, 2.75) is 26.7 Å². The van der Waals surface area contributed by atoms with E-state index in [1.807, 2.05) is 0 Å².